The number of ether oxygens (including phenoxy) is 1. The number of hydrogen-bond donors (Lipinski definition) is 1. The first-order chi connectivity index (χ1) is 11.4. The normalized spacial score (nSPS) is 15.1. The van der Waals surface area contributed by atoms with Gasteiger partial charge in [0.2, 0.25) is 5.88 Å². The summed E-state index contributed by atoms with van der Waals surface area (Å²) in [6.07, 6.45) is 5.48. The van der Waals surface area contributed by atoms with Crippen molar-refractivity contribution in [3.63, 3.8) is 0 Å². The molecule has 7 nitrogen and oxygen atoms in total. The summed E-state index contributed by atoms with van der Waals surface area (Å²) in [6, 6.07) is 5.87. The predicted molar refractivity (Wildman–Crippen MR) is 87.9 cm³/mol. The second kappa shape index (κ2) is 5.85. The van der Waals surface area contributed by atoms with E-state index < -0.39 is 0 Å². The third kappa shape index (κ3) is 2.49. The smallest absolute Gasteiger partial charge is 0.221 e. The summed E-state index contributed by atoms with van der Waals surface area (Å²) >= 11 is 0. The van der Waals surface area contributed by atoms with Crippen LogP contribution in [-0.2, 0) is 0 Å². The maximum atomic E-state index is 5.37. The Morgan fingerprint density at radius 1 is 1.17 bits per heavy atom. The first-order valence-corrected chi connectivity index (χ1v) is 7.66. The van der Waals surface area contributed by atoms with Gasteiger partial charge in [-0.2, -0.15) is 5.10 Å². The molecule has 0 unspecified atom stereocenters. The lowest BCUT2D eigenvalue weighted by atomic mass is 10.1. The molecule has 0 amide bonds. The number of anilines is 1. The third-order valence-electron chi connectivity index (χ3n) is 4.05. The van der Waals surface area contributed by atoms with Gasteiger partial charge in [-0.05, 0) is 18.2 Å². The van der Waals surface area contributed by atoms with Gasteiger partial charge < -0.3 is 15.0 Å². The number of methoxy groups -OCH3 is 1. The summed E-state index contributed by atoms with van der Waals surface area (Å²) in [5.41, 5.74) is 2.63. The Bertz CT molecular complexity index is 824. The number of pyridine rings is 1. The Kier molecular flexibility index (Phi) is 3.55. The molecule has 1 aliphatic heterocycles. The lowest BCUT2D eigenvalue weighted by molar-refractivity contribution is 0.400. The fourth-order valence-corrected chi connectivity index (χ4v) is 2.88. The lowest BCUT2D eigenvalue weighted by Gasteiger charge is -2.28. The monoisotopic (exact) mass is 310 g/mol. The fraction of sp³-hybridized carbons (Fsp3) is 0.312. The molecule has 1 saturated heterocycles. The van der Waals surface area contributed by atoms with Crippen LogP contribution in [0.15, 0.2) is 36.8 Å². The Labute approximate surface area is 133 Å². The fourth-order valence-electron chi connectivity index (χ4n) is 2.88. The maximum absolute atomic E-state index is 5.37. The van der Waals surface area contributed by atoms with Crippen LogP contribution in [0.3, 0.4) is 0 Å². The van der Waals surface area contributed by atoms with E-state index in [1.807, 2.05) is 30.6 Å². The highest BCUT2D eigenvalue weighted by Crippen LogP contribution is 2.30. The molecule has 0 saturated carbocycles. The van der Waals surface area contributed by atoms with Gasteiger partial charge in [-0.15, -0.1) is 0 Å². The van der Waals surface area contributed by atoms with Crippen molar-refractivity contribution in [2.75, 3.05) is 38.2 Å². The second-order valence-electron chi connectivity index (χ2n) is 5.41. The summed E-state index contributed by atoms with van der Waals surface area (Å²) in [4.78, 5) is 11.4. The number of rotatable bonds is 3. The van der Waals surface area contributed by atoms with Crippen LogP contribution >= 0.6 is 0 Å². The summed E-state index contributed by atoms with van der Waals surface area (Å²) in [5.74, 6) is 1.56. The Morgan fingerprint density at radius 2 is 2.04 bits per heavy atom. The third-order valence-corrected chi connectivity index (χ3v) is 4.05. The van der Waals surface area contributed by atoms with Crippen LogP contribution in [0.2, 0.25) is 0 Å². The molecule has 4 heterocycles. The zero-order valence-electron chi connectivity index (χ0n) is 12.9. The van der Waals surface area contributed by atoms with Gasteiger partial charge in [-0.1, -0.05) is 0 Å². The zero-order chi connectivity index (χ0) is 15.6. The zero-order valence-corrected chi connectivity index (χ0v) is 12.9. The number of aromatic nitrogens is 4. The van der Waals surface area contributed by atoms with E-state index in [1.165, 1.54) is 0 Å². The molecule has 118 valence electrons. The molecule has 0 aromatic carbocycles. The van der Waals surface area contributed by atoms with Gasteiger partial charge >= 0.3 is 0 Å². The van der Waals surface area contributed by atoms with Gasteiger partial charge in [-0.25, -0.2) is 14.5 Å². The van der Waals surface area contributed by atoms with E-state index in [0.29, 0.717) is 5.88 Å². The molecule has 0 bridgehead atoms. The number of piperazine rings is 1. The number of fused-ring (bicyclic) bond motifs is 1. The van der Waals surface area contributed by atoms with Gasteiger partial charge in [0.05, 0.1) is 18.9 Å². The van der Waals surface area contributed by atoms with Crippen LogP contribution in [0.25, 0.3) is 16.8 Å². The van der Waals surface area contributed by atoms with E-state index in [2.05, 4.69) is 20.3 Å². The molecular formula is C16H18N6O. The predicted octanol–water partition coefficient (Wildman–Crippen LogP) is 1.21. The van der Waals surface area contributed by atoms with Crippen molar-refractivity contribution in [2.45, 2.75) is 0 Å². The van der Waals surface area contributed by atoms with Gasteiger partial charge in [0.1, 0.15) is 5.82 Å². The molecule has 3 aromatic heterocycles. The molecule has 4 rings (SSSR count). The molecule has 3 aromatic rings. The highest BCUT2D eigenvalue weighted by atomic mass is 16.5. The molecule has 1 N–H and O–H groups in total. The summed E-state index contributed by atoms with van der Waals surface area (Å²) in [7, 11) is 1.62. The number of nitrogens with one attached hydrogen (secondary N) is 1. The van der Waals surface area contributed by atoms with Crippen LogP contribution in [0, 0.1) is 0 Å². The van der Waals surface area contributed by atoms with Crippen LogP contribution in [-0.4, -0.2) is 52.9 Å². The first kappa shape index (κ1) is 14.0. The van der Waals surface area contributed by atoms with Crippen molar-refractivity contribution < 1.29 is 4.74 Å². The van der Waals surface area contributed by atoms with E-state index in [1.54, 1.807) is 17.8 Å². The Balaban J connectivity index is 1.81. The van der Waals surface area contributed by atoms with E-state index in [9.17, 15) is 0 Å². The Morgan fingerprint density at radius 3 is 2.87 bits per heavy atom. The largest absolute Gasteiger partial charge is 0.481 e. The van der Waals surface area contributed by atoms with Crippen molar-refractivity contribution >= 4 is 11.5 Å². The molecule has 0 atom stereocenters. The topological polar surface area (TPSA) is 67.6 Å². The molecule has 1 fully saturated rings. The molecule has 0 spiro atoms. The van der Waals surface area contributed by atoms with Crippen LogP contribution < -0.4 is 15.0 Å². The number of nitrogens with zero attached hydrogens (tertiary/aromatic N) is 5. The molecule has 7 heteroatoms. The maximum Gasteiger partial charge on any atom is 0.221 e. The first-order valence-electron chi connectivity index (χ1n) is 7.66. The van der Waals surface area contributed by atoms with Gasteiger partial charge in [0.25, 0.3) is 0 Å². The van der Waals surface area contributed by atoms with Crippen molar-refractivity contribution in [1.29, 1.82) is 0 Å². The molecule has 0 radical (unpaired) electrons. The van der Waals surface area contributed by atoms with Crippen molar-refractivity contribution in [2.24, 2.45) is 0 Å². The van der Waals surface area contributed by atoms with Gasteiger partial charge in [-0.3, -0.25) is 0 Å². The van der Waals surface area contributed by atoms with Crippen molar-refractivity contribution in [3.05, 3.63) is 36.8 Å². The summed E-state index contributed by atoms with van der Waals surface area (Å²) in [6.45, 7) is 3.89. The average molecular weight is 310 g/mol. The SMILES string of the molecule is COc1ncccc1-c1cnn2ccc(N3CCNCC3)nc12. The summed E-state index contributed by atoms with van der Waals surface area (Å²) < 4.78 is 7.16. The quantitative estimate of drug-likeness (QED) is 0.784. The van der Waals surface area contributed by atoms with Crippen LogP contribution in [0.5, 0.6) is 5.88 Å². The van der Waals surface area contributed by atoms with Gasteiger partial charge in [0, 0.05) is 44.1 Å². The van der Waals surface area contributed by atoms with Crippen LogP contribution in [0.1, 0.15) is 0 Å². The lowest BCUT2D eigenvalue weighted by Crippen LogP contribution is -2.43. The van der Waals surface area contributed by atoms with E-state index in [-0.39, 0.29) is 0 Å². The Hall–Kier alpha value is -2.67. The minimum absolute atomic E-state index is 0.580. The molecule has 0 aliphatic carbocycles. The summed E-state index contributed by atoms with van der Waals surface area (Å²) in [5, 5.41) is 7.75. The highest BCUT2D eigenvalue weighted by molar-refractivity contribution is 5.80. The van der Waals surface area contributed by atoms with Crippen molar-refractivity contribution in [3.8, 4) is 17.0 Å². The standard InChI is InChI=1S/C16H18N6O/c1-23-16-12(3-2-5-18-16)13-11-19-22-8-4-14(20-15(13)22)21-9-6-17-7-10-21/h2-5,8,11,17H,6-7,9-10H2,1H3. The minimum Gasteiger partial charge on any atom is -0.481 e. The molecule has 23 heavy (non-hydrogen) atoms. The highest BCUT2D eigenvalue weighted by Gasteiger charge is 2.16. The van der Waals surface area contributed by atoms with Crippen LogP contribution in [0.4, 0.5) is 5.82 Å². The second-order valence-corrected chi connectivity index (χ2v) is 5.41. The number of hydrogen-bond acceptors (Lipinski definition) is 6. The minimum atomic E-state index is 0.580. The van der Waals surface area contributed by atoms with E-state index in [4.69, 9.17) is 9.72 Å². The van der Waals surface area contributed by atoms with E-state index in [0.717, 1.165) is 48.8 Å². The molecule has 1 aliphatic rings. The van der Waals surface area contributed by atoms with Crippen molar-refractivity contribution in [1.82, 2.24) is 24.9 Å². The average Bonchev–Trinajstić information content (AvgIpc) is 3.05. The van der Waals surface area contributed by atoms with Gasteiger partial charge in [0.15, 0.2) is 5.65 Å². The van der Waals surface area contributed by atoms with E-state index >= 15 is 0 Å². The molecular weight excluding hydrogens is 292 g/mol.